The Morgan fingerprint density at radius 1 is 1.08 bits per heavy atom. The number of ether oxygens (including phenoxy) is 1. The fourth-order valence-electron chi connectivity index (χ4n) is 3.16. The normalized spacial score (nSPS) is 12.8. The molecule has 136 valence electrons. The van der Waals surface area contributed by atoms with E-state index in [9.17, 15) is 8.42 Å². The third-order valence-corrected chi connectivity index (χ3v) is 5.88. The molecular formula is C20H22N2O3S. The summed E-state index contributed by atoms with van der Waals surface area (Å²) in [6.45, 7) is 0. The van der Waals surface area contributed by atoms with Gasteiger partial charge in [-0.05, 0) is 42.5 Å². The van der Waals surface area contributed by atoms with E-state index in [-0.39, 0.29) is 0 Å². The summed E-state index contributed by atoms with van der Waals surface area (Å²) in [5, 5.41) is 5.84. The molecule has 0 aliphatic heterocycles. The molecule has 0 fully saturated rings. The van der Waals surface area contributed by atoms with Crippen LogP contribution in [0, 0.1) is 0 Å². The molecule has 0 aliphatic rings. The lowest BCUT2D eigenvalue weighted by Crippen LogP contribution is -2.31. The number of pyridine rings is 1. The van der Waals surface area contributed by atoms with Crippen molar-refractivity contribution >= 4 is 20.9 Å². The number of sulfonamides is 1. The van der Waals surface area contributed by atoms with E-state index in [1.807, 2.05) is 54.6 Å². The highest BCUT2D eigenvalue weighted by Crippen LogP contribution is 2.28. The van der Waals surface area contributed by atoms with Crippen molar-refractivity contribution in [3.8, 4) is 5.75 Å². The highest BCUT2D eigenvalue weighted by molar-refractivity contribution is 7.89. The van der Waals surface area contributed by atoms with Gasteiger partial charge < -0.3 is 4.74 Å². The first kappa shape index (κ1) is 18.4. The van der Waals surface area contributed by atoms with Gasteiger partial charge in [0.25, 0.3) is 0 Å². The lowest BCUT2D eigenvalue weighted by Gasteiger charge is -2.16. The molecule has 6 heteroatoms. The molecule has 1 atom stereocenters. The van der Waals surface area contributed by atoms with Crippen LogP contribution in [0.3, 0.4) is 0 Å². The predicted octanol–water partition coefficient (Wildman–Crippen LogP) is 3.08. The second kappa shape index (κ2) is 7.85. The van der Waals surface area contributed by atoms with Gasteiger partial charge in [0.1, 0.15) is 11.3 Å². The summed E-state index contributed by atoms with van der Waals surface area (Å²) >= 11 is 0. The van der Waals surface area contributed by atoms with E-state index in [0.717, 1.165) is 22.0 Å². The third kappa shape index (κ3) is 4.20. The summed E-state index contributed by atoms with van der Waals surface area (Å²) in [7, 11) is -2.03. The molecule has 0 bridgehead atoms. The molecule has 26 heavy (non-hydrogen) atoms. The second-order valence-corrected chi connectivity index (χ2v) is 8.11. The minimum atomic E-state index is -3.64. The molecule has 0 radical (unpaired) electrons. The van der Waals surface area contributed by atoms with Crippen molar-refractivity contribution in [3.05, 3.63) is 71.9 Å². The number of fused-ring (bicyclic) bond motifs is 1. The fraction of sp³-hybridized carbons (Fsp3) is 0.250. The van der Waals surface area contributed by atoms with Crippen molar-refractivity contribution < 1.29 is 13.2 Å². The Morgan fingerprint density at radius 2 is 1.85 bits per heavy atom. The smallest absolute Gasteiger partial charge is 0.212 e. The summed E-state index contributed by atoms with van der Waals surface area (Å²) in [6.07, 6.45) is 3.17. The first-order valence-corrected chi connectivity index (χ1v) is 10.1. The fourth-order valence-corrected chi connectivity index (χ4v) is 4.04. The lowest BCUT2D eigenvalue weighted by atomic mass is 10.00. The Morgan fingerprint density at radius 3 is 2.54 bits per heavy atom. The maximum Gasteiger partial charge on any atom is 0.212 e. The molecule has 1 heterocycles. The van der Waals surface area contributed by atoms with Crippen LogP contribution in [-0.4, -0.2) is 25.8 Å². The van der Waals surface area contributed by atoms with Crippen LogP contribution in [-0.2, 0) is 22.9 Å². The molecule has 1 aromatic heterocycles. The van der Waals surface area contributed by atoms with E-state index in [1.54, 1.807) is 13.3 Å². The van der Waals surface area contributed by atoms with E-state index < -0.39 is 15.3 Å². The Hall–Kier alpha value is -2.44. The topological polar surface area (TPSA) is 82.3 Å². The van der Waals surface area contributed by atoms with Gasteiger partial charge in [-0.25, -0.2) is 13.6 Å². The third-order valence-electron chi connectivity index (χ3n) is 4.55. The largest absolute Gasteiger partial charge is 0.494 e. The van der Waals surface area contributed by atoms with Crippen LogP contribution in [0.1, 0.15) is 17.5 Å². The van der Waals surface area contributed by atoms with Gasteiger partial charge in [-0.15, -0.1) is 0 Å². The van der Waals surface area contributed by atoms with Gasteiger partial charge in [0.05, 0.1) is 12.4 Å². The number of hydrogen-bond acceptors (Lipinski definition) is 4. The number of benzene rings is 2. The number of aromatic nitrogens is 1. The molecule has 2 N–H and O–H groups in total. The molecule has 0 amide bonds. The predicted molar refractivity (Wildman–Crippen MR) is 104 cm³/mol. The van der Waals surface area contributed by atoms with E-state index in [0.29, 0.717) is 25.0 Å². The second-order valence-electron chi connectivity index (χ2n) is 6.27. The Balaban J connectivity index is 1.85. The molecule has 3 rings (SSSR count). The van der Waals surface area contributed by atoms with Gasteiger partial charge in [0.2, 0.25) is 10.0 Å². The Labute approximate surface area is 153 Å². The summed E-state index contributed by atoms with van der Waals surface area (Å²) in [4.78, 5) is 4.39. The molecule has 3 aromatic rings. The molecule has 1 unspecified atom stereocenters. The van der Waals surface area contributed by atoms with Crippen molar-refractivity contribution in [2.24, 2.45) is 5.14 Å². The average Bonchev–Trinajstić information content (AvgIpc) is 2.64. The van der Waals surface area contributed by atoms with Gasteiger partial charge in [0, 0.05) is 11.6 Å². The molecule has 2 aromatic carbocycles. The number of hydrogen-bond donors (Lipinski definition) is 1. The number of nitrogens with two attached hydrogens (primary N) is 1. The molecule has 0 spiro atoms. The highest BCUT2D eigenvalue weighted by Gasteiger charge is 2.22. The number of primary sulfonamides is 1. The van der Waals surface area contributed by atoms with E-state index in [2.05, 4.69) is 4.98 Å². The van der Waals surface area contributed by atoms with Crippen molar-refractivity contribution in [1.29, 1.82) is 0 Å². The number of aryl methyl sites for hydroxylation is 1. The molecule has 0 saturated carbocycles. The SMILES string of the molecule is COc1ccc(CCC(Cc2ccccc2)S(N)(=O)=O)c2cccnc12. The molecule has 5 nitrogen and oxygen atoms in total. The first-order valence-electron chi connectivity index (χ1n) is 8.45. The number of nitrogens with zero attached hydrogens (tertiary/aromatic N) is 1. The number of methoxy groups -OCH3 is 1. The quantitative estimate of drug-likeness (QED) is 0.693. The van der Waals surface area contributed by atoms with E-state index >= 15 is 0 Å². The first-order chi connectivity index (χ1) is 12.5. The van der Waals surface area contributed by atoms with Crippen molar-refractivity contribution in [2.45, 2.75) is 24.5 Å². The maximum atomic E-state index is 12.1. The van der Waals surface area contributed by atoms with Crippen LogP contribution in [0.5, 0.6) is 5.75 Å². The van der Waals surface area contributed by atoms with Gasteiger partial charge in [-0.3, -0.25) is 4.98 Å². The van der Waals surface area contributed by atoms with Gasteiger partial charge >= 0.3 is 0 Å². The summed E-state index contributed by atoms with van der Waals surface area (Å²) in [5.41, 5.74) is 2.78. The van der Waals surface area contributed by atoms with Crippen LogP contribution < -0.4 is 9.88 Å². The van der Waals surface area contributed by atoms with Gasteiger partial charge in [-0.2, -0.15) is 0 Å². The average molecular weight is 370 g/mol. The van der Waals surface area contributed by atoms with Gasteiger partial charge in [-0.1, -0.05) is 42.5 Å². The summed E-state index contributed by atoms with van der Waals surface area (Å²) in [6, 6.07) is 17.2. The van der Waals surface area contributed by atoms with E-state index in [1.165, 1.54) is 0 Å². The van der Waals surface area contributed by atoms with Crippen LogP contribution in [0.2, 0.25) is 0 Å². The van der Waals surface area contributed by atoms with Crippen LogP contribution in [0.25, 0.3) is 10.9 Å². The standard InChI is InChI=1S/C20H22N2O3S/c1-25-19-12-10-16(18-8-5-13-22-20(18)19)9-11-17(26(21,23)24)14-15-6-3-2-4-7-15/h2-8,10,12-13,17H,9,11,14H2,1H3,(H2,21,23,24). The molecule has 0 aliphatic carbocycles. The molecule has 0 saturated heterocycles. The summed E-state index contributed by atoms with van der Waals surface area (Å²) in [5.74, 6) is 0.705. The van der Waals surface area contributed by atoms with Crippen molar-refractivity contribution in [3.63, 3.8) is 0 Å². The zero-order chi connectivity index (χ0) is 18.6. The maximum absolute atomic E-state index is 12.1. The Bertz CT molecular complexity index is 988. The molecular weight excluding hydrogens is 348 g/mol. The van der Waals surface area contributed by atoms with Gasteiger partial charge in [0.15, 0.2) is 0 Å². The zero-order valence-corrected chi connectivity index (χ0v) is 15.4. The minimum absolute atomic E-state index is 0.409. The van der Waals surface area contributed by atoms with Crippen molar-refractivity contribution in [2.75, 3.05) is 7.11 Å². The van der Waals surface area contributed by atoms with Crippen LogP contribution >= 0.6 is 0 Å². The highest BCUT2D eigenvalue weighted by atomic mass is 32.2. The summed E-state index contributed by atoms with van der Waals surface area (Å²) < 4.78 is 29.5. The lowest BCUT2D eigenvalue weighted by molar-refractivity contribution is 0.418. The monoisotopic (exact) mass is 370 g/mol. The van der Waals surface area contributed by atoms with E-state index in [4.69, 9.17) is 9.88 Å². The zero-order valence-electron chi connectivity index (χ0n) is 14.6. The number of rotatable bonds is 7. The van der Waals surface area contributed by atoms with Crippen LogP contribution in [0.15, 0.2) is 60.8 Å². The Kier molecular flexibility index (Phi) is 5.54. The minimum Gasteiger partial charge on any atom is -0.494 e. The van der Waals surface area contributed by atoms with Crippen LogP contribution in [0.4, 0.5) is 0 Å². The van der Waals surface area contributed by atoms with Crippen molar-refractivity contribution in [1.82, 2.24) is 4.98 Å².